The van der Waals surface area contributed by atoms with Crippen LogP contribution < -0.4 is 0 Å². The van der Waals surface area contributed by atoms with E-state index in [-0.39, 0.29) is 18.0 Å². The summed E-state index contributed by atoms with van der Waals surface area (Å²) in [6.07, 6.45) is -0.331. The standard InChI is InChI=1S/C20H25N3O3S/c1-14-12-22(19(25)26-20(2,3)4)10-11-23(14)18(24)17-21-16(13-27-17)15-8-6-5-7-9-15/h5-9,13-14H,10-12H2,1-4H3. The molecule has 1 unspecified atom stereocenters. The maximum absolute atomic E-state index is 12.9. The Hall–Kier alpha value is -2.41. The van der Waals surface area contributed by atoms with E-state index in [1.807, 2.05) is 63.4 Å². The minimum atomic E-state index is -0.526. The number of piperazine rings is 1. The summed E-state index contributed by atoms with van der Waals surface area (Å²) in [5, 5.41) is 2.39. The molecular formula is C20H25N3O3S. The van der Waals surface area contributed by atoms with Gasteiger partial charge in [-0.3, -0.25) is 4.79 Å². The molecule has 0 aliphatic carbocycles. The smallest absolute Gasteiger partial charge is 0.410 e. The van der Waals surface area contributed by atoms with Gasteiger partial charge in [-0.2, -0.15) is 0 Å². The second-order valence-corrected chi connectivity index (χ2v) is 8.54. The number of nitrogens with zero attached hydrogens (tertiary/aromatic N) is 3. The highest BCUT2D eigenvalue weighted by Gasteiger charge is 2.33. The highest BCUT2D eigenvalue weighted by Crippen LogP contribution is 2.24. The van der Waals surface area contributed by atoms with Crippen molar-refractivity contribution in [3.05, 3.63) is 40.7 Å². The highest BCUT2D eigenvalue weighted by molar-refractivity contribution is 7.12. The van der Waals surface area contributed by atoms with Crippen LogP contribution in [0.25, 0.3) is 11.3 Å². The quantitative estimate of drug-likeness (QED) is 0.784. The van der Waals surface area contributed by atoms with Crippen LogP contribution in [0, 0.1) is 0 Å². The van der Waals surface area contributed by atoms with Gasteiger partial charge in [0.15, 0.2) is 5.01 Å². The average Bonchev–Trinajstić information content (AvgIpc) is 3.10. The molecule has 1 saturated heterocycles. The largest absolute Gasteiger partial charge is 0.444 e. The average molecular weight is 388 g/mol. The molecule has 1 aliphatic rings. The molecule has 0 radical (unpaired) electrons. The van der Waals surface area contributed by atoms with E-state index in [2.05, 4.69) is 4.98 Å². The van der Waals surface area contributed by atoms with Gasteiger partial charge in [-0.15, -0.1) is 11.3 Å². The van der Waals surface area contributed by atoms with Gasteiger partial charge >= 0.3 is 6.09 Å². The van der Waals surface area contributed by atoms with Crippen molar-refractivity contribution in [1.29, 1.82) is 0 Å². The number of amides is 2. The molecular weight excluding hydrogens is 362 g/mol. The van der Waals surface area contributed by atoms with E-state index in [0.717, 1.165) is 11.3 Å². The van der Waals surface area contributed by atoms with Crippen LogP contribution in [0.3, 0.4) is 0 Å². The maximum atomic E-state index is 12.9. The zero-order chi connectivity index (χ0) is 19.6. The van der Waals surface area contributed by atoms with Gasteiger partial charge in [-0.25, -0.2) is 9.78 Å². The maximum Gasteiger partial charge on any atom is 0.410 e. The van der Waals surface area contributed by atoms with Crippen LogP contribution in [0.15, 0.2) is 35.7 Å². The normalized spacial score (nSPS) is 17.7. The Bertz CT molecular complexity index is 813. The fourth-order valence-electron chi connectivity index (χ4n) is 2.99. The number of carbonyl (C=O) groups is 2. The van der Waals surface area contributed by atoms with Crippen LogP contribution in [-0.2, 0) is 4.74 Å². The predicted octanol–water partition coefficient (Wildman–Crippen LogP) is 3.89. The molecule has 1 aliphatic heterocycles. The van der Waals surface area contributed by atoms with Crippen molar-refractivity contribution in [3.8, 4) is 11.3 Å². The van der Waals surface area contributed by atoms with Gasteiger partial charge in [0.2, 0.25) is 0 Å². The summed E-state index contributed by atoms with van der Waals surface area (Å²) in [6.45, 7) is 8.88. The second-order valence-electron chi connectivity index (χ2n) is 7.68. The molecule has 2 aromatic rings. The van der Waals surface area contributed by atoms with Gasteiger partial charge in [-0.05, 0) is 27.7 Å². The lowest BCUT2D eigenvalue weighted by atomic mass is 10.2. The number of aromatic nitrogens is 1. The summed E-state index contributed by atoms with van der Waals surface area (Å²) in [5.41, 5.74) is 1.28. The van der Waals surface area contributed by atoms with Crippen LogP contribution in [0.4, 0.5) is 4.79 Å². The molecule has 7 heteroatoms. The van der Waals surface area contributed by atoms with E-state index >= 15 is 0 Å². The van der Waals surface area contributed by atoms with E-state index in [1.54, 1.807) is 9.80 Å². The molecule has 1 atom stereocenters. The predicted molar refractivity (Wildman–Crippen MR) is 106 cm³/mol. The molecule has 0 bridgehead atoms. The summed E-state index contributed by atoms with van der Waals surface area (Å²) >= 11 is 1.36. The molecule has 1 aromatic carbocycles. The fourth-order valence-corrected chi connectivity index (χ4v) is 3.77. The van der Waals surface area contributed by atoms with Crippen molar-refractivity contribution in [3.63, 3.8) is 0 Å². The monoisotopic (exact) mass is 387 g/mol. The first-order valence-electron chi connectivity index (χ1n) is 9.04. The van der Waals surface area contributed by atoms with Crippen molar-refractivity contribution in [2.45, 2.75) is 39.3 Å². The lowest BCUT2D eigenvalue weighted by molar-refractivity contribution is 0.00617. The van der Waals surface area contributed by atoms with E-state index in [1.165, 1.54) is 11.3 Å². The van der Waals surface area contributed by atoms with Gasteiger partial charge in [0.1, 0.15) is 5.60 Å². The van der Waals surface area contributed by atoms with Crippen LogP contribution in [0.2, 0.25) is 0 Å². The lowest BCUT2D eigenvalue weighted by Crippen LogP contribution is -2.56. The van der Waals surface area contributed by atoms with Gasteiger partial charge < -0.3 is 14.5 Å². The Balaban J connectivity index is 1.65. The van der Waals surface area contributed by atoms with Crippen molar-refractivity contribution in [2.24, 2.45) is 0 Å². The first-order chi connectivity index (χ1) is 12.7. The minimum Gasteiger partial charge on any atom is -0.444 e. The molecule has 27 heavy (non-hydrogen) atoms. The SMILES string of the molecule is CC1CN(C(=O)OC(C)(C)C)CCN1C(=O)c1nc(-c2ccccc2)cs1. The van der Waals surface area contributed by atoms with Crippen molar-refractivity contribution in [1.82, 2.24) is 14.8 Å². The topological polar surface area (TPSA) is 62.7 Å². The number of hydrogen-bond acceptors (Lipinski definition) is 5. The third-order valence-corrected chi connectivity index (χ3v) is 5.13. The Kier molecular flexibility index (Phi) is 5.51. The molecule has 2 heterocycles. The van der Waals surface area contributed by atoms with E-state index in [4.69, 9.17) is 4.74 Å². The molecule has 3 rings (SSSR count). The van der Waals surface area contributed by atoms with Gasteiger partial charge in [0, 0.05) is 36.6 Å². The van der Waals surface area contributed by atoms with Crippen molar-refractivity contribution < 1.29 is 14.3 Å². The summed E-state index contributed by atoms with van der Waals surface area (Å²) in [7, 11) is 0. The highest BCUT2D eigenvalue weighted by atomic mass is 32.1. The van der Waals surface area contributed by atoms with Gasteiger partial charge in [-0.1, -0.05) is 30.3 Å². The molecule has 0 spiro atoms. The molecule has 1 fully saturated rings. The summed E-state index contributed by atoms with van der Waals surface area (Å²) < 4.78 is 5.43. The van der Waals surface area contributed by atoms with Crippen LogP contribution in [0.5, 0.6) is 0 Å². The molecule has 0 N–H and O–H groups in total. The van der Waals surface area contributed by atoms with Crippen molar-refractivity contribution >= 4 is 23.3 Å². The molecule has 0 saturated carbocycles. The van der Waals surface area contributed by atoms with Gasteiger partial charge in [0.25, 0.3) is 5.91 Å². The third kappa shape index (κ3) is 4.66. The second kappa shape index (κ2) is 7.68. The first-order valence-corrected chi connectivity index (χ1v) is 9.92. The number of carbonyl (C=O) groups excluding carboxylic acids is 2. The van der Waals surface area contributed by atoms with Crippen LogP contribution in [-0.4, -0.2) is 58.1 Å². The minimum absolute atomic E-state index is 0.0847. The van der Waals surface area contributed by atoms with Gasteiger partial charge in [0.05, 0.1) is 5.69 Å². The molecule has 2 amide bonds. The molecule has 144 valence electrons. The summed E-state index contributed by atoms with van der Waals surface area (Å²) in [5.74, 6) is -0.0847. The Morgan fingerprint density at radius 1 is 1.19 bits per heavy atom. The fraction of sp³-hybridized carbons (Fsp3) is 0.450. The summed E-state index contributed by atoms with van der Waals surface area (Å²) in [4.78, 5) is 33.1. The van der Waals surface area contributed by atoms with E-state index in [9.17, 15) is 9.59 Å². The van der Waals surface area contributed by atoms with E-state index < -0.39 is 5.60 Å². The van der Waals surface area contributed by atoms with Crippen molar-refractivity contribution in [2.75, 3.05) is 19.6 Å². The zero-order valence-corrected chi connectivity index (χ0v) is 17.0. The molecule has 1 aromatic heterocycles. The van der Waals surface area contributed by atoms with E-state index in [0.29, 0.717) is 24.6 Å². The Morgan fingerprint density at radius 3 is 2.52 bits per heavy atom. The zero-order valence-electron chi connectivity index (χ0n) is 16.1. The summed E-state index contributed by atoms with van der Waals surface area (Å²) in [6, 6.07) is 9.72. The lowest BCUT2D eigenvalue weighted by Gasteiger charge is -2.39. The number of ether oxygens (including phenoxy) is 1. The Morgan fingerprint density at radius 2 is 1.89 bits per heavy atom. The number of hydrogen-bond donors (Lipinski definition) is 0. The Labute approximate surface area is 163 Å². The number of thiazole rings is 1. The number of rotatable bonds is 2. The third-order valence-electron chi connectivity index (χ3n) is 4.30. The first kappa shape index (κ1) is 19.4. The molecule has 6 nitrogen and oxygen atoms in total. The number of benzene rings is 1. The van der Waals surface area contributed by atoms with Crippen LogP contribution in [0.1, 0.15) is 37.5 Å². The van der Waals surface area contributed by atoms with Crippen LogP contribution >= 0.6 is 11.3 Å².